The summed E-state index contributed by atoms with van der Waals surface area (Å²) in [6.45, 7) is 1.76. The van der Waals surface area contributed by atoms with Crippen LogP contribution in [0.25, 0.3) is 10.9 Å². The summed E-state index contributed by atoms with van der Waals surface area (Å²) in [5.41, 5.74) is 0.687. The fraction of sp³-hybridized carbons (Fsp3) is 0.375. The number of H-pyrrole nitrogens is 1. The van der Waals surface area contributed by atoms with Gasteiger partial charge in [-0.2, -0.15) is 5.26 Å². The van der Waals surface area contributed by atoms with Gasteiger partial charge in [-0.3, -0.25) is 4.79 Å². The quantitative estimate of drug-likeness (QED) is 0.851. The second kappa shape index (κ2) is 6.50. The molecular formula is C16H19N3O3. The summed E-state index contributed by atoms with van der Waals surface area (Å²) in [6, 6.07) is 7.71. The number of nitrogens with zero attached hydrogens (tertiary/aromatic N) is 1. The van der Waals surface area contributed by atoms with Crippen molar-refractivity contribution in [3.63, 3.8) is 0 Å². The highest BCUT2D eigenvalue weighted by atomic mass is 16.5. The third-order valence-electron chi connectivity index (χ3n) is 3.42. The van der Waals surface area contributed by atoms with Crippen LogP contribution in [0.1, 0.15) is 12.5 Å². The van der Waals surface area contributed by atoms with Crippen LogP contribution >= 0.6 is 0 Å². The van der Waals surface area contributed by atoms with Crippen LogP contribution in [0.5, 0.6) is 5.75 Å². The number of hydrogen-bond donors (Lipinski definition) is 2. The topological polar surface area (TPSA) is 87.1 Å². The van der Waals surface area contributed by atoms with E-state index in [1.165, 1.54) is 7.11 Å². The number of methoxy groups -OCH3 is 2. The molecule has 2 N–H and O–H groups in total. The van der Waals surface area contributed by atoms with E-state index in [1.54, 1.807) is 20.2 Å². The Morgan fingerprint density at radius 2 is 2.23 bits per heavy atom. The molecule has 0 radical (unpaired) electrons. The van der Waals surface area contributed by atoms with Crippen molar-refractivity contribution in [1.29, 1.82) is 5.26 Å². The van der Waals surface area contributed by atoms with Crippen LogP contribution in [-0.4, -0.2) is 37.3 Å². The molecule has 0 bridgehead atoms. The smallest absolute Gasteiger partial charge is 0.225 e. The van der Waals surface area contributed by atoms with Gasteiger partial charge in [0.2, 0.25) is 5.91 Å². The summed E-state index contributed by atoms with van der Waals surface area (Å²) in [7, 11) is 3.09. The number of carbonyl (C=O) groups excluding carboxylic acids is 1. The van der Waals surface area contributed by atoms with E-state index in [4.69, 9.17) is 9.47 Å². The molecule has 0 aliphatic carbocycles. The average molecular weight is 301 g/mol. The molecule has 2 aromatic rings. The maximum atomic E-state index is 12.2. The van der Waals surface area contributed by atoms with Gasteiger partial charge < -0.3 is 19.8 Å². The molecule has 0 aliphatic rings. The number of fused-ring (bicyclic) bond motifs is 1. The third kappa shape index (κ3) is 3.21. The molecule has 22 heavy (non-hydrogen) atoms. The van der Waals surface area contributed by atoms with E-state index in [-0.39, 0.29) is 18.9 Å². The molecular weight excluding hydrogens is 282 g/mol. The van der Waals surface area contributed by atoms with Crippen molar-refractivity contribution in [3.05, 3.63) is 30.0 Å². The molecule has 1 amide bonds. The first-order chi connectivity index (χ1) is 10.5. The average Bonchev–Trinajstić information content (AvgIpc) is 2.90. The van der Waals surface area contributed by atoms with Gasteiger partial charge in [0.15, 0.2) is 0 Å². The van der Waals surface area contributed by atoms with Crippen molar-refractivity contribution in [1.82, 2.24) is 10.3 Å². The minimum absolute atomic E-state index is 0.131. The lowest BCUT2D eigenvalue weighted by Gasteiger charge is -2.22. The highest BCUT2D eigenvalue weighted by Crippen LogP contribution is 2.28. The van der Waals surface area contributed by atoms with E-state index in [1.807, 2.05) is 18.2 Å². The molecule has 0 fully saturated rings. The number of carbonyl (C=O) groups is 1. The van der Waals surface area contributed by atoms with E-state index < -0.39 is 5.54 Å². The van der Waals surface area contributed by atoms with Gasteiger partial charge in [0.05, 0.1) is 26.2 Å². The molecule has 1 unspecified atom stereocenters. The van der Waals surface area contributed by atoms with Crippen LogP contribution in [0.3, 0.4) is 0 Å². The highest BCUT2D eigenvalue weighted by Gasteiger charge is 2.26. The molecule has 6 nitrogen and oxygen atoms in total. The lowest BCUT2D eigenvalue weighted by atomic mass is 10.0. The minimum atomic E-state index is -1.04. The molecule has 0 spiro atoms. The normalized spacial score (nSPS) is 13.4. The van der Waals surface area contributed by atoms with Crippen LogP contribution in [-0.2, 0) is 16.0 Å². The largest absolute Gasteiger partial charge is 0.496 e. The Labute approximate surface area is 129 Å². The number of aromatic nitrogens is 1. The Bertz CT molecular complexity index is 717. The molecule has 0 aliphatic heterocycles. The number of ether oxygens (including phenoxy) is 2. The van der Waals surface area contributed by atoms with Crippen molar-refractivity contribution in [2.75, 3.05) is 20.8 Å². The molecule has 1 aromatic heterocycles. The zero-order valence-electron chi connectivity index (χ0n) is 12.9. The molecule has 1 atom stereocenters. The monoisotopic (exact) mass is 301 g/mol. The Balaban J connectivity index is 2.21. The number of amides is 1. The second-order valence-electron chi connectivity index (χ2n) is 5.30. The molecule has 6 heteroatoms. The van der Waals surface area contributed by atoms with Crippen molar-refractivity contribution >= 4 is 16.8 Å². The van der Waals surface area contributed by atoms with E-state index >= 15 is 0 Å². The fourth-order valence-corrected chi connectivity index (χ4v) is 2.44. The second-order valence-corrected chi connectivity index (χ2v) is 5.30. The van der Waals surface area contributed by atoms with E-state index in [2.05, 4.69) is 16.4 Å². The summed E-state index contributed by atoms with van der Waals surface area (Å²) in [6.07, 6.45) is 1.94. The van der Waals surface area contributed by atoms with E-state index in [0.717, 1.165) is 16.5 Å². The highest BCUT2D eigenvalue weighted by molar-refractivity contribution is 5.93. The standard InChI is InChI=1S/C16H19N3O3/c1-16(9-17,10-21-2)19-14(20)7-11-8-18-12-5-4-6-13(22-3)15(11)12/h4-6,8,18H,7,10H2,1-3H3,(H,19,20). The first-order valence-electron chi connectivity index (χ1n) is 6.87. The van der Waals surface area contributed by atoms with Crippen molar-refractivity contribution in [3.8, 4) is 11.8 Å². The summed E-state index contributed by atoms with van der Waals surface area (Å²) < 4.78 is 10.3. The summed E-state index contributed by atoms with van der Waals surface area (Å²) in [5.74, 6) is 0.467. The molecule has 0 saturated carbocycles. The zero-order valence-corrected chi connectivity index (χ0v) is 12.9. The fourth-order valence-electron chi connectivity index (χ4n) is 2.44. The number of nitriles is 1. The molecule has 116 valence electrons. The number of nitrogens with one attached hydrogen (secondary N) is 2. The maximum absolute atomic E-state index is 12.2. The van der Waals surface area contributed by atoms with E-state index in [0.29, 0.717) is 5.75 Å². The van der Waals surface area contributed by atoms with Crippen LogP contribution in [0.15, 0.2) is 24.4 Å². The van der Waals surface area contributed by atoms with Crippen molar-refractivity contribution < 1.29 is 14.3 Å². The van der Waals surface area contributed by atoms with Crippen molar-refractivity contribution in [2.45, 2.75) is 18.9 Å². The van der Waals surface area contributed by atoms with Crippen molar-refractivity contribution in [2.24, 2.45) is 0 Å². The Hall–Kier alpha value is -2.52. The minimum Gasteiger partial charge on any atom is -0.496 e. The summed E-state index contributed by atoms with van der Waals surface area (Å²) >= 11 is 0. The molecule has 2 rings (SSSR count). The first-order valence-corrected chi connectivity index (χ1v) is 6.87. The number of aromatic amines is 1. The van der Waals surface area contributed by atoms with Crippen LogP contribution < -0.4 is 10.1 Å². The molecule has 1 aromatic carbocycles. The van der Waals surface area contributed by atoms with Crippen LogP contribution in [0, 0.1) is 11.3 Å². The predicted molar refractivity (Wildman–Crippen MR) is 82.6 cm³/mol. The van der Waals surface area contributed by atoms with Gasteiger partial charge in [-0.05, 0) is 24.6 Å². The number of hydrogen-bond acceptors (Lipinski definition) is 4. The lowest BCUT2D eigenvalue weighted by Crippen LogP contribution is -2.48. The summed E-state index contributed by atoms with van der Waals surface area (Å²) in [4.78, 5) is 15.4. The van der Waals surface area contributed by atoms with Gasteiger partial charge in [0.25, 0.3) is 0 Å². The van der Waals surface area contributed by atoms with E-state index in [9.17, 15) is 10.1 Å². The Morgan fingerprint density at radius 1 is 1.45 bits per heavy atom. The zero-order chi connectivity index (χ0) is 16.2. The Kier molecular flexibility index (Phi) is 4.68. The SMILES string of the molecule is COCC(C)(C#N)NC(=O)Cc1c[nH]c2cccc(OC)c12. The Morgan fingerprint density at radius 3 is 2.86 bits per heavy atom. The first kappa shape index (κ1) is 15.9. The van der Waals surface area contributed by atoms with Crippen LogP contribution in [0.4, 0.5) is 0 Å². The van der Waals surface area contributed by atoms with Gasteiger partial charge in [0.1, 0.15) is 11.3 Å². The summed E-state index contributed by atoms with van der Waals surface area (Å²) in [5, 5.41) is 12.8. The van der Waals surface area contributed by atoms with Gasteiger partial charge >= 0.3 is 0 Å². The predicted octanol–water partition coefficient (Wildman–Crippen LogP) is 1.76. The van der Waals surface area contributed by atoms with Gasteiger partial charge in [-0.1, -0.05) is 6.07 Å². The molecule has 1 heterocycles. The number of rotatable bonds is 6. The van der Waals surface area contributed by atoms with Gasteiger partial charge in [0, 0.05) is 24.2 Å². The molecule has 0 saturated heterocycles. The maximum Gasteiger partial charge on any atom is 0.225 e. The lowest BCUT2D eigenvalue weighted by molar-refractivity contribution is -0.122. The number of benzene rings is 1. The third-order valence-corrected chi connectivity index (χ3v) is 3.42. The van der Waals surface area contributed by atoms with Crippen LogP contribution in [0.2, 0.25) is 0 Å². The van der Waals surface area contributed by atoms with Gasteiger partial charge in [-0.15, -0.1) is 0 Å². The van der Waals surface area contributed by atoms with Gasteiger partial charge in [-0.25, -0.2) is 0 Å².